The fourth-order valence-corrected chi connectivity index (χ4v) is 3.22. The molecule has 0 aromatic heterocycles. The van der Waals surface area contributed by atoms with Gasteiger partial charge in [0.05, 0.1) is 0 Å². The number of rotatable bonds is 4. The summed E-state index contributed by atoms with van der Waals surface area (Å²) in [5.74, 6) is 0. The van der Waals surface area contributed by atoms with Gasteiger partial charge in [0, 0.05) is 13.2 Å². The molecule has 0 aromatic rings. The van der Waals surface area contributed by atoms with Crippen LogP contribution in [-0.2, 0) is 4.43 Å². The van der Waals surface area contributed by atoms with E-state index in [4.69, 9.17) is 4.43 Å². The van der Waals surface area contributed by atoms with Crippen LogP contribution in [0.1, 0.15) is 52.9 Å². The maximum absolute atomic E-state index is 6.27. The smallest absolute Gasteiger partial charge is 0.192 e. The zero-order valence-corrected chi connectivity index (χ0v) is 14.2. The quantitative estimate of drug-likeness (QED) is 0.708. The number of hydrogen-bond acceptors (Lipinski definition) is 2. The Hall–Kier alpha value is 0.137. The molecule has 0 radical (unpaired) electrons. The Morgan fingerprint density at radius 1 is 0.944 bits per heavy atom. The van der Waals surface area contributed by atoms with Crippen molar-refractivity contribution in [2.24, 2.45) is 0 Å². The molecule has 0 saturated carbocycles. The van der Waals surface area contributed by atoms with Gasteiger partial charge in [0.25, 0.3) is 0 Å². The summed E-state index contributed by atoms with van der Waals surface area (Å²) in [5.41, 5.74) is 0. The average molecular weight is 272 g/mol. The van der Waals surface area contributed by atoms with Crippen LogP contribution in [0.25, 0.3) is 0 Å². The summed E-state index contributed by atoms with van der Waals surface area (Å²) in [4.78, 5) is 2.60. The van der Waals surface area contributed by atoms with Gasteiger partial charge in [-0.1, -0.05) is 40.0 Å². The fourth-order valence-electron chi connectivity index (χ4n) is 2.18. The van der Waals surface area contributed by atoms with E-state index < -0.39 is 8.32 Å². The lowest BCUT2D eigenvalue weighted by molar-refractivity contribution is 0.186. The summed E-state index contributed by atoms with van der Waals surface area (Å²) < 4.78 is 6.27. The second-order valence-electron chi connectivity index (χ2n) is 7.22. The third kappa shape index (κ3) is 5.41. The van der Waals surface area contributed by atoms with E-state index in [-0.39, 0.29) is 0 Å². The van der Waals surface area contributed by atoms with E-state index in [1.165, 1.54) is 45.2 Å². The normalized spacial score (nSPS) is 20.5. The van der Waals surface area contributed by atoms with Crippen molar-refractivity contribution in [1.82, 2.24) is 4.90 Å². The molecule has 1 heterocycles. The van der Waals surface area contributed by atoms with Gasteiger partial charge in [-0.15, -0.1) is 0 Å². The van der Waals surface area contributed by atoms with E-state index in [9.17, 15) is 0 Å². The predicted molar refractivity (Wildman–Crippen MR) is 82.7 cm³/mol. The highest BCUT2D eigenvalue weighted by Gasteiger charge is 2.36. The lowest BCUT2D eigenvalue weighted by atomic mass is 10.1. The Morgan fingerprint density at radius 2 is 1.44 bits per heavy atom. The molecule has 0 bridgehead atoms. The van der Waals surface area contributed by atoms with E-state index in [1.54, 1.807) is 0 Å². The lowest BCUT2D eigenvalue weighted by Crippen LogP contribution is -2.43. The number of hydrogen-bond donors (Lipinski definition) is 0. The molecule has 0 spiro atoms. The van der Waals surface area contributed by atoms with Gasteiger partial charge in [0.1, 0.15) is 0 Å². The van der Waals surface area contributed by atoms with E-state index in [0.29, 0.717) is 5.04 Å². The van der Waals surface area contributed by atoms with Crippen molar-refractivity contribution < 1.29 is 4.43 Å². The maximum atomic E-state index is 6.27. The predicted octanol–water partition coefficient (Wildman–Crippen LogP) is 4.27. The Balaban J connectivity index is 2.27. The van der Waals surface area contributed by atoms with Crippen molar-refractivity contribution in [1.29, 1.82) is 0 Å². The van der Waals surface area contributed by atoms with Gasteiger partial charge in [0.2, 0.25) is 0 Å². The molecule has 1 saturated heterocycles. The first-order valence-corrected chi connectivity index (χ1v) is 10.6. The average Bonchev–Trinajstić information content (AvgIpc) is 2.19. The zero-order valence-electron chi connectivity index (χ0n) is 13.2. The van der Waals surface area contributed by atoms with Crippen molar-refractivity contribution >= 4 is 8.32 Å². The van der Waals surface area contributed by atoms with Crippen LogP contribution in [0.5, 0.6) is 0 Å². The number of nitrogens with zero attached hydrogens (tertiary/aromatic N) is 1. The molecule has 0 N–H and O–H groups in total. The molecule has 18 heavy (non-hydrogen) atoms. The highest BCUT2D eigenvalue weighted by molar-refractivity contribution is 6.74. The van der Waals surface area contributed by atoms with Gasteiger partial charge in [0.15, 0.2) is 8.32 Å². The first kappa shape index (κ1) is 16.2. The Bertz CT molecular complexity index is 227. The van der Waals surface area contributed by atoms with Crippen LogP contribution >= 0.6 is 0 Å². The van der Waals surface area contributed by atoms with Gasteiger partial charge < -0.3 is 9.33 Å². The molecule has 0 atom stereocenters. The monoisotopic (exact) mass is 271 g/mol. The second kappa shape index (κ2) is 7.06. The minimum absolute atomic E-state index is 0.337. The molecule has 1 aliphatic heterocycles. The standard InChI is InChI=1S/C15H33NOSi/c1-15(2,3)18(4,5)17-14-13-16-11-9-7-6-8-10-12-16/h6-14H2,1-5H3. The molecule has 108 valence electrons. The van der Waals surface area contributed by atoms with Crippen molar-refractivity contribution in [2.75, 3.05) is 26.2 Å². The molecule has 1 aliphatic rings. The van der Waals surface area contributed by atoms with E-state index in [0.717, 1.165) is 13.2 Å². The molecule has 1 rings (SSSR count). The topological polar surface area (TPSA) is 12.5 Å². The molecule has 3 heteroatoms. The molecular weight excluding hydrogens is 238 g/mol. The summed E-state index contributed by atoms with van der Waals surface area (Å²) in [6.45, 7) is 16.3. The molecule has 0 unspecified atom stereocenters. The summed E-state index contributed by atoms with van der Waals surface area (Å²) in [6.07, 6.45) is 7.02. The second-order valence-corrected chi connectivity index (χ2v) is 12.0. The Kier molecular flexibility index (Phi) is 6.35. The Labute approximate surface area is 115 Å². The van der Waals surface area contributed by atoms with Crippen molar-refractivity contribution in [2.45, 2.75) is 71.0 Å². The van der Waals surface area contributed by atoms with Gasteiger partial charge in [-0.05, 0) is 44.1 Å². The van der Waals surface area contributed by atoms with Crippen LogP contribution in [0.3, 0.4) is 0 Å². The summed E-state index contributed by atoms with van der Waals surface area (Å²) in [5, 5.41) is 0.337. The zero-order chi connectivity index (χ0) is 13.6. The van der Waals surface area contributed by atoms with Gasteiger partial charge in [-0.25, -0.2) is 0 Å². The Morgan fingerprint density at radius 3 is 1.94 bits per heavy atom. The molecular formula is C15H33NOSi. The summed E-state index contributed by atoms with van der Waals surface area (Å²) in [7, 11) is -1.54. The lowest BCUT2D eigenvalue weighted by Gasteiger charge is -2.37. The first-order valence-electron chi connectivity index (χ1n) is 7.69. The van der Waals surface area contributed by atoms with Gasteiger partial charge in [-0.3, -0.25) is 0 Å². The van der Waals surface area contributed by atoms with Crippen molar-refractivity contribution in [3.05, 3.63) is 0 Å². The third-order valence-corrected chi connectivity index (χ3v) is 9.16. The molecule has 2 nitrogen and oxygen atoms in total. The van der Waals surface area contributed by atoms with Crippen LogP contribution < -0.4 is 0 Å². The van der Waals surface area contributed by atoms with Crippen molar-refractivity contribution in [3.63, 3.8) is 0 Å². The van der Waals surface area contributed by atoms with Gasteiger partial charge >= 0.3 is 0 Å². The number of likely N-dealkylation sites (tertiary alicyclic amines) is 1. The SMILES string of the molecule is CC(C)(C)[Si](C)(C)OCCN1CCCCCCC1. The maximum Gasteiger partial charge on any atom is 0.192 e. The van der Waals surface area contributed by atoms with Crippen LogP contribution in [-0.4, -0.2) is 39.5 Å². The molecule has 0 aromatic carbocycles. The minimum atomic E-state index is -1.54. The highest BCUT2D eigenvalue weighted by atomic mass is 28.4. The fraction of sp³-hybridized carbons (Fsp3) is 1.00. The molecule has 1 fully saturated rings. The highest BCUT2D eigenvalue weighted by Crippen LogP contribution is 2.36. The van der Waals surface area contributed by atoms with Crippen molar-refractivity contribution in [3.8, 4) is 0 Å². The minimum Gasteiger partial charge on any atom is -0.416 e. The van der Waals surface area contributed by atoms with Crippen LogP contribution in [0.2, 0.25) is 18.1 Å². The van der Waals surface area contributed by atoms with E-state index in [1.807, 2.05) is 0 Å². The van der Waals surface area contributed by atoms with E-state index in [2.05, 4.69) is 38.8 Å². The van der Waals surface area contributed by atoms with E-state index >= 15 is 0 Å². The third-order valence-electron chi connectivity index (χ3n) is 4.63. The molecule has 0 amide bonds. The molecule has 0 aliphatic carbocycles. The van der Waals surface area contributed by atoms with Crippen LogP contribution in [0.15, 0.2) is 0 Å². The largest absolute Gasteiger partial charge is 0.416 e. The summed E-state index contributed by atoms with van der Waals surface area (Å²) in [6, 6.07) is 0. The summed E-state index contributed by atoms with van der Waals surface area (Å²) >= 11 is 0. The van der Waals surface area contributed by atoms with Crippen LogP contribution in [0.4, 0.5) is 0 Å². The van der Waals surface area contributed by atoms with Crippen LogP contribution in [0, 0.1) is 0 Å². The first-order chi connectivity index (χ1) is 8.33. The van der Waals surface area contributed by atoms with Gasteiger partial charge in [-0.2, -0.15) is 0 Å².